The minimum Gasteiger partial charge on any atom is -0.481 e. The van der Waals surface area contributed by atoms with Gasteiger partial charge in [-0.25, -0.2) is 9.40 Å². The van der Waals surface area contributed by atoms with E-state index in [1.54, 1.807) is 6.07 Å². The van der Waals surface area contributed by atoms with Gasteiger partial charge in [0, 0.05) is 11.3 Å². The number of anilines is 1. The Morgan fingerprint density at radius 2 is 1.73 bits per heavy atom. The van der Waals surface area contributed by atoms with Gasteiger partial charge in [0.15, 0.2) is 6.61 Å². The summed E-state index contributed by atoms with van der Waals surface area (Å²) in [6, 6.07) is 21.4. The third-order valence-electron chi connectivity index (χ3n) is 9.21. The summed E-state index contributed by atoms with van der Waals surface area (Å²) in [6.07, 6.45) is 6.17. The molecule has 2 amide bonds. The fraction of sp³-hybridized carbons (Fsp3) is 0.371. The molecule has 6 rings (SSSR count). The molecule has 3 aliphatic rings. The number of nitrogens with zero attached hydrogens (tertiary/aromatic N) is 2. The Bertz CT molecular complexity index is 1560. The molecule has 44 heavy (non-hydrogen) atoms. The van der Waals surface area contributed by atoms with E-state index < -0.39 is 23.1 Å². The molecule has 1 aliphatic heterocycles. The first-order valence-electron chi connectivity index (χ1n) is 15.3. The zero-order valence-corrected chi connectivity index (χ0v) is 24.5. The van der Waals surface area contributed by atoms with E-state index in [2.05, 4.69) is 10.4 Å². The van der Waals surface area contributed by atoms with Crippen LogP contribution < -0.4 is 5.32 Å². The quantitative estimate of drug-likeness (QED) is 0.287. The summed E-state index contributed by atoms with van der Waals surface area (Å²) in [4.78, 5) is 38.2. The number of hydrazone groups is 1. The van der Waals surface area contributed by atoms with E-state index in [9.17, 15) is 23.9 Å². The topological polar surface area (TPSA) is 108 Å². The monoisotopic (exact) mass is 597 g/mol. The lowest BCUT2D eigenvalue weighted by atomic mass is 9.65. The minimum absolute atomic E-state index is 0.0885. The van der Waals surface area contributed by atoms with Gasteiger partial charge < -0.3 is 15.2 Å². The van der Waals surface area contributed by atoms with Crippen LogP contribution in [0, 0.1) is 17.2 Å². The molecule has 2 N–H and O–H groups in total. The molecule has 1 atom stereocenters. The van der Waals surface area contributed by atoms with E-state index in [-0.39, 0.29) is 37.3 Å². The van der Waals surface area contributed by atoms with Gasteiger partial charge in [-0.2, -0.15) is 0 Å². The number of aliphatic carboxylic acids is 1. The van der Waals surface area contributed by atoms with Gasteiger partial charge in [-0.3, -0.25) is 14.4 Å². The Labute approximate surface area is 255 Å². The summed E-state index contributed by atoms with van der Waals surface area (Å²) >= 11 is 0. The molecule has 0 bridgehead atoms. The van der Waals surface area contributed by atoms with Crippen molar-refractivity contribution in [2.45, 2.75) is 63.8 Å². The van der Waals surface area contributed by atoms with E-state index in [0.717, 1.165) is 48.8 Å². The molecule has 0 saturated heterocycles. The second kappa shape index (κ2) is 12.6. The lowest BCUT2D eigenvalue weighted by Crippen LogP contribution is -2.39. The summed E-state index contributed by atoms with van der Waals surface area (Å²) in [6.45, 7) is 0.178. The molecule has 228 valence electrons. The molecule has 1 heterocycles. The molecule has 3 aromatic rings. The van der Waals surface area contributed by atoms with Crippen molar-refractivity contribution in [1.82, 2.24) is 5.01 Å². The maximum absolute atomic E-state index is 14.6. The lowest BCUT2D eigenvalue weighted by Gasteiger charge is -2.37. The van der Waals surface area contributed by atoms with Gasteiger partial charge in [-0.15, -0.1) is 5.10 Å². The Hall–Kier alpha value is -4.53. The zero-order valence-electron chi connectivity index (χ0n) is 24.5. The van der Waals surface area contributed by atoms with E-state index >= 15 is 0 Å². The number of amides is 2. The molecule has 8 nitrogen and oxygen atoms in total. The Kier molecular flexibility index (Phi) is 8.46. The number of benzene rings is 3. The summed E-state index contributed by atoms with van der Waals surface area (Å²) < 4.78 is 20.2. The number of carboxylic acids is 1. The van der Waals surface area contributed by atoms with Crippen LogP contribution in [0.3, 0.4) is 0 Å². The van der Waals surface area contributed by atoms with Gasteiger partial charge >= 0.3 is 5.97 Å². The van der Waals surface area contributed by atoms with E-state index in [1.165, 1.54) is 17.1 Å². The largest absolute Gasteiger partial charge is 0.481 e. The number of nitrogens with one attached hydrogen (secondary N) is 1. The van der Waals surface area contributed by atoms with Gasteiger partial charge in [-0.05, 0) is 85.0 Å². The second-order valence-corrected chi connectivity index (χ2v) is 12.2. The van der Waals surface area contributed by atoms with Gasteiger partial charge in [0.25, 0.3) is 5.91 Å². The van der Waals surface area contributed by atoms with Gasteiger partial charge in [0.05, 0.1) is 17.9 Å². The van der Waals surface area contributed by atoms with Crippen LogP contribution in [-0.2, 0) is 32.1 Å². The third kappa shape index (κ3) is 6.37. The average molecular weight is 598 g/mol. The van der Waals surface area contributed by atoms with Crippen LogP contribution in [0.15, 0.2) is 77.9 Å². The maximum Gasteiger partial charge on any atom is 0.309 e. The number of hydrogen-bond donors (Lipinski definition) is 2. The van der Waals surface area contributed by atoms with Crippen molar-refractivity contribution in [2.24, 2.45) is 16.4 Å². The van der Waals surface area contributed by atoms with E-state index in [4.69, 9.17) is 4.74 Å². The highest BCUT2D eigenvalue weighted by Crippen LogP contribution is 2.44. The van der Waals surface area contributed by atoms with Crippen LogP contribution in [0.25, 0.3) is 0 Å². The van der Waals surface area contributed by atoms with Crippen molar-refractivity contribution < 1.29 is 28.6 Å². The van der Waals surface area contributed by atoms with Crippen molar-refractivity contribution in [3.8, 4) is 0 Å². The van der Waals surface area contributed by atoms with Crippen LogP contribution in [0.5, 0.6) is 0 Å². The Balaban J connectivity index is 1.19. The maximum atomic E-state index is 14.6. The van der Waals surface area contributed by atoms with Crippen LogP contribution in [0.1, 0.15) is 73.1 Å². The summed E-state index contributed by atoms with van der Waals surface area (Å²) in [5, 5.41) is 18.5. The SMILES string of the molecule is O=C(Nc1cc(F)cc(CC2(C(=O)O)CCC2)c1)C(c1ccc(CN2N=C(c3ccccc3)OCC2=O)cc1)C1CCCC1. The van der Waals surface area contributed by atoms with E-state index in [1.807, 2.05) is 54.6 Å². The normalized spacial score (nSPS) is 18.6. The van der Waals surface area contributed by atoms with Gasteiger partial charge in [0.1, 0.15) is 5.82 Å². The first-order valence-corrected chi connectivity index (χ1v) is 15.3. The molecule has 2 fully saturated rings. The molecule has 3 aromatic carbocycles. The number of ether oxygens (including phenoxy) is 1. The summed E-state index contributed by atoms with van der Waals surface area (Å²) in [7, 11) is 0. The fourth-order valence-corrected chi connectivity index (χ4v) is 6.68. The molecular weight excluding hydrogens is 561 g/mol. The van der Waals surface area contributed by atoms with Gasteiger partial charge in [-0.1, -0.05) is 61.7 Å². The average Bonchev–Trinajstić information content (AvgIpc) is 3.51. The summed E-state index contributed by atoms with van der Waals surface area (Å²) in [5.74, 6) is -1.69. The highest BCUT2D eigenvalue weighted by atomic mass is 19.1. The molecular formula is C35H36FN3O5. The number of carbonyl (C=O) groups is 3. The predicted molar refractivity (Wildman–Crippen MR) is 163 cm³/mol. The first kappa shape index (κ1) is 29.5. The standard InChI is InChI=1S/C35H36FN3O5/c36-28-17-24(20-35(34(42)43)15-6-16-35)18-29(19-28)37-32(41)31(25-7-4-5-8-25)26-13-11-23(12-14-26)21-39-30(40)22-44-33(38-39)27-9-2-1-3-10-27/h1-3,9-14,17-19,25,31H,4-8,15-16,20-22H2,(H,37,41)(H,42,43). The Morgan fingerprint density at radius 3 is 2.39 bits per heavy atom. The van der Waals surface area contributed by atoms with Crippen LogP contribution in [0.2, 0.25) is 0 Å². The lowest BCUT2D eigenvalue weighted by molar-refractivity contribution is -0.154. The highest BCUT2D eigenvalue weighted by molar-refractivity contribution is 5.98. The number of carbonyl (C=O) groups excluding carboxylic acids is 2. The van der Waals surface area contributed by atoms with Crippen molar-refractivity contribution in [2.75, 3.05) is 11.9 Å². The van der Waals surface area contributed by atoms with E-state index in [0.29, 0.717) is 30.0 Å². The van der Waals surface area contributed by atoms with Gasteiger partial charge in [0.2, 0.25) is 11.8 Å². The van der Waals surface area contributed by atoms with Crippen molar-refractivity contribution in [1.29, 1.82) is 0 Å². The van der Waals surface area contributed by atoms with Crippen LogP contribution in [0.4, 0.5) is 10.1 Å². The second-order valence-electron chi connectivity index (χ2n) is 12.2. The smallest absolute Gasteiger partial charge is 0.309 e. The first-order chi connectivity index (χ1) is 21.3. The van der Waals surface area contributed by atoms with Crippen molar-refractivity contribution >= 4 is 29.4 Å². The predicted octanol–water partition coefficient (Wildman–Crippen LogP) is 6.26. The van der Waals surface area contributed by atoms with Crippen LogP contribution in [-0.4, -0.2) is 40.4 Å². The number of carboxylic acid groups (broad SMARTS) is 1. The zero-order chi connectivity index (χ0) is 30.7. The summed E-state index contributed by atoms with van der Waals surface area (Å²) in [5.41, 5.74) is 2.56. The van der Waals surface area contributed by atoms with Crippen molar-refractivity contribution in [3.63, 3.8) is 0 Å². The number of halogens is 1. The molecule has 0 spiro atoms. The van der Waals surface area contributed by atoms with Crippen LogP contribution >= 0.6 is 0 Å². The molecule has 2 saturated carbocycles. The molecule has 9 heteroatoms. The number of hydrogen-bond acceptors (Lipinski definition) is 5. The third-order valence-corrected chi connectivity index (χ3v) is 9.21. The highest BCUT2D eigenvalue weighted by Gasteiger charge is 2.44. The Morgan fingerprint density at radius 1 is 1.00 bits per heavy atom. The number of rotatable bonds is 10. The minimum atomic E-state index is -0.858. The fourth-order valence-electron chi connectivity index (χ4n) is 6.68. The molecule has 2 aliphatic carbocycles. The molecule has 1 unspecified atom stereocenters. The van der Waals surface area contributed by atoms with Crippen molar-refractivity contribution in [3.05, 3.63) is 101 Å². The molecule has 0 radical (unpaired) electrons. The molecule has 0 aromatic heterocycles.